The number of benzene rings is 3. The minimum absolute atomic E-state index is 0.0914. The number of aryl methyl sites for hydroxylation is 1. The van der Waals surface area contributed by atoms with Crippen LogP contribution < -0.4 is 5.73 Å². The highest BCUT2D eigenvalue weighted by atomic mass is 16.5. The molecule has 3 aromatic carbocycles. The highest BCUT2D eigenvalue weighted by Gasteiger charge is 2.46. The van der Waals surface area contributed by atoms with E-state index < -0.39 is 17.6 Å². The van der Waals surface area contributed by atoms with Crippen molar-refractivity contribution in [2.24, 2.45) is 5.73 Å². The molecule has 0 amide bonds. The monoisotopic (exact) mass is 359 g/mol. The highest BCUT2D eigenvalue weighted by Crippen LogP contribution is 2.53. The molecule has 27 heavy (non-hydrogen) atoms. The van der Waals surface area contributed by atoms with Gasteiger partial charge in [-0.2, -0.15) is 0 Å². The molecular formula is C23H21NO3. The van der Waals surface area contributed by atoms with Gasteiger partial charge in [-0.25, -0.2) is 0 Å². The first-order valence-electron chi connectivity index (χ1n) is 8.93. The molecule has 0 radical (unpaired) electrons. The van der Waals surface area contributed by atoms with Gasteiger partial charge in [0.05, 0.1) is 6.61 Å². The van der Waals surface area contributed by atoms with E-state index in [2.05, 4.69) is 12.1 Å². The minimum Gasteiger partial charge on any atom is -0.480 e. The molecular weight excluding hydrogens is 338 g/mol. The normalized spacial score (nSPS) is 15.0. The van der Waals surface area contributed by atoms with Crippen molar-refractivity contribution in [3.8, 4) is 11.1 Å². The van der Waals surface area contributed by atoms with Gasteiger partial charge in [0.25, 0.3) is 0 Å². The lowest BCUT2D eigenvalue weighted by Gasteiger charge is -2.33. The fourth-order valence-corrected chi connectivity index (χ4v) is 3.82. The van der Waals surface area contributed by atoms with Crippen LogP contribution in [0.15, 0.2) is 72.8 Å². The number of nitrogens with two attached hydrogens (primary N) is 1. The Balaban J connectivity index is 1.95. The first kappa shape index (κ1) is 17.5. The van der Waals surface area contributed by atoms with Crippen LogP contribution in [0.25, 0.3) is 11.1 Å². The predicted molar refractivity (Wildman–Crippen MR) is 105 cm³/mol. The van der Waals surface area contributed by atoms with Crippen LogP contribution in [0.4, 0.5) is 0 Å². The van der Waals surface area contributed by atoms with Crippen LogP contribution in [0.3, 0.4) is 0 Å². The smallest absolute Gasteiger partial charge is 0.322 e. The molecule has 0 saturated carbocycles. The van der Waals surface area contributed by atoms with Gasteiger partial charge in [-0.05, 0) is 23.6 Å². The number of carboxylic acids is 1. The summed E-state index contributed by atoms with van der Waals surface area (Å²) in [5.74, 6) is -1.08. The maximum Gasteiger partial charge on any atom is 0.322 e. The molecule has 0 saturated heterocycles. The van der Waals surface area contributed by atoms with Crippen molar-refractivity contribution in [3.05, 3.63) is 95.1 Å². The molecule has 0 bridgehead atoms. The molecule has 0 unspecified atom stereocenters. The number of hydrogen-bond donors (Lipinski definition) is 2. The number of carboxylic acid groups (broad SMARTS) is 1. The van der Waals surface area contributed by atoms with Crippen molar-refractivity contribution in [1.29, 1.82) is 0 Å². The van der Waals surface area contributed by atoms with E-state index in [0.29, 0.717) is 0 Å². The Kier molecular flexibility index (Phi) is 4.30. The van der Waals surface area contributed by atoms with Gasteiger partial charge in [-0.1, -0.05) is 78.4 Å². The topological polar surface area (TPSA) is 72.5 Å². The molecule has 136 valence electrons. The lowest BCUT2D eigenvalue weighted by atomic mass is 9.83. The molecule has 0 spiro atoms. The van der Waals surface area contributed by atoms with Gasteiger partial charge < -0.3 is 15.6 Å². The van der Waals surface area contributed by atoms with Crippen molar-refractivity contribution < 1.29 is 14.6 Å². The van der Waals surface area contributed by atoms with Crippen LogP contribution in [0, 0.1) is 6.92 Å². The van der Waals surface area contributed by atoms with E-state index in [9.17, 15) is 9.90 Å². The van der Waals surface area contributed by atoms with E-state index in [1.165, 1.54) is 0 Å². The van der Waals surface area contributed by atoms with Gasteiger partial charge in [0.1, 0.15) is 11.6 Å². The van der Waals surface area contributed by atoms with Gasteiger partial charge in [0, 0.05) is 11.1 Å². The fraction of sp³-hybridized carbons (Fsp3) is 0.174. The third-order valence-electron chi connectivity index (χ3n) is 5.16. The second-order valence-corrected chi connectivity index (χ2v) is 6.89. The summed E-state index contributed by atoms with van der Waals surface area (Å²) in [7, 11) is 0. The first-order valence-corrected chi connectivity index (χ1v) is 8.93. The number of aliphatic carboxylic acids is 1. The molecule has 0 aromatic heterocycles. The van der Waals surface area contributed by atoms with Gasteiger partial charge >= 0.3 is 5.97 Å². The van der Waals surface area contributed by atoms with E-state index in [4.69, 9.17) is 10.5 Å². The average molecular weight is 359 g/mol. The van der Waals surface area contributed by atoms with E-state index in [1.54, 1.807) is 0 Å². The second-order valence-electron chi connectivity index (χ2n) is 6.89. The lowest BCUT2D eigenvalue weighted by molar-refractivity contribution is -0.141. The first-order chi connectivity index (χ1) is 13.0. The Morgan fingerprint density at radius 1 is 0.963 bits per heavy atom. The molecule has 3 N–H and O–H groups in total. The molecule has 1 aliphatic rings. The zero-order chi connectivity index (χ0) is 19.0. The molecule has 0 fully saturated rings. The Morgan fingerprint density at radius 3 is 2.00 bits per heavy atom. The van der Waals surface area contributed by atoms with Crippen LogP contribution in [0.5, 0.6) is 0 Å². The molecule has 4 nitrogen and oxygen atoms in total. The third-order valence-corrected chi connectivity index (χ3v) is 5.16. The van der Waals surface area contributed by atoms with E-state index >= 15 is 0 Å². The zero-order valence-electron chi connectivity index (χ0n) is 15.1. The number of hydrogen-bond acceptors (Lipinski definition) is 3. The van der Waals surface area contributed by atoms with Crippen LogP contribution in [-0.4, -0.2) is 23.7 Å². The van der Waals surface area contributed by atoms with Gasteiger partial charge in [-0.3, -0.25) is 4.79 Å². The minimum atomic E-state index is -1.09. The Bertz CT molecular complexity index is 949. The maximum absolute atomic E-state index is 11.3. The second kappa shape index (κ2) is 6.65. The number of ether oxygens (including phenoxy) is 1. The molecule has 0 heterocycles. The summed E-state index contributed by atoms with van der Waals surface area (Å²) in [4.78, 5) is 11.3. The van der Waals surface area contributed by atoms with Crippen molar-refractivity contribution in [3.63, 3.8) is 0 Å². The SMILES string of the molecule is Cc1ccc(C2(OC[C@H](N)C(=O)O)c3ccccc3-c3ccccc32)cc1. The zero-order valence-corrected chi connectivity index (χ0v) is 15.1. The largest absolute Gasteiger partial charge is 0.480 e. The van der Waals surface area contributed by atoms with Crippen molar-refractivity contribution in [2.75, 3.05) is 6.61 Å². The van der Waals surface area contributed by atoms with Crippen LogP contribution >= 0.6 is 0 Å². The molecule has 1 atom stereocenters. The molecule has 4 heteroatoms. The lowest BCUT2D eigenvalue weighted by Crippen LogP contribution is -2.40. The van der Waals surface area contributed by atoms with E-state index in [0.717, 1.165) is 33.4 Å². The summed E-state index contributed by atoms with van der Waals surface area (Å²) in [6.07, 6.45) is 0. The number of rotatable bonds is 5. The van der Waals surface area contributed by atoms with Crippen molar-refractivity contribution in [2.45, 2.75) is 18.6 Å². The summed E-state index contributed by atoms with van der Waals surface area (Å²) in [5, 5.41) is 9.23. The summed E-state index contributed by atoms with van der Waals surface area (Å²) in [6, 6.07) is 23.3. The van der Waals surface area contributed by atoms with Gasteiger partial charge in [0.15, 0.2) is 0 Å². The summed E-state index contributed by atoms with van der Waals surface area (Å²) in [5.41, 5.74) is 11.2. The number of carbonyl (C=O) groups is 1. The standard InChI is InChI=1S/C23H21NO3/c1-15-10-12-16(13-11-15)23(27-14-21(24)22(25)26)19-8-4-2-6-17(19)18-7-3-5-9-20(18)23/h2-13,21H,14,24H2,1H3,(H,25,26)/t21-/m0/s1. The van der Waals surface area contributed by atoms with E-state index in [1.807, 2.05) is 67.6 Å². The molecule has 1 aliphatic carbocycles. The highest BCUT2D eigenvalue weighted by molar-refractivity contribution is 5.82. The fourth-order valence-electron chi connectivity index (χ4n) is 3.82. The van der Waals surface area contributed by atoms with Crippen LogP contribution in [0.1, 0.15) is 22.3 Å². The summed E-state index contributed by atoms with van der Waals surface area (Å²) < 4.78 is 6.39. The molecule has 4 rings (SSSR count). The Morgan fingerprint density at radius 2 is 1.48 bits per heavy atom. The van der Waals surface area contributed by atoms with Gasteiger partial charge in [0.2, 0.25) is 0 Å². The van der Waals surface area contributed by atoms with Crippen molar-refractivity contribution in [1.82, 2.24) is 0 Å². The van der Waals surface area contributed by atoms with Gasteiger partial charge in [-0.15, -0.1) is 0 Å². The Hall–Kier alpha value is -2.95. The van der Waals surface area contributed by atoms with Crippen LogP contribution in [-0.2, 0) is 15.1 Å². The molecule has 3 aromatic rings. The quantitative estimate of drug-likeness (QED) is 0.729. The molecule has 0 aliphatic heterocycles. The predicted octanol–water partition coefficient (Wildman–Crippen LogP) is 3.70. The third kappa shape index (κ3) is 2.74. The summed E-state index contributed by atoms with van der Waals surface area (Å²) in [6.45, 7) is 1.94. The van der Waals surface area contributed by atoms with E-state index in [-0.39, 0.29) is 6.61 Å². The maximum atomic E-state index is 11.3. The van der Waals surface area contributed by atoms with Crippen molar-refractivity contribution >= 4 is 5.97 Å². The van der Waals surface area contributed by atoms with Crippen LogP contribution in [0.2, 0.25) is 0 Å². The Labute approximate surface area is 158 Å². The number of fused-ring (bicyclic) bond motifs is 3. The average Bonchev–Trinajstić information content (AvgIpc) is 2.98. The summed E-state index contributed by atoms with van der Waals surface area (Å²) >= 11 is 0.